The zero-order valence-electron chi connectivity index (χ0n) is 6.27. The Bertz CT molecular complexity index is 138. The van der Waals surface area contributed by atoms with Crippen LogP contribution in [0.1, 0.15) is 0 Å². The SMILES string of the molecule is C=O.C=O.COS(=O)(=O)OC. The molecule has 0 saturated carbocycles. The Balaban J connectivity index is -0.000000138. The first-order valence-corrected chi connectivity index (χ1v) is 3.39. The summed E-state index contributed by atoms with van der Waals surface area (Å²) in [7, 11) is -1.60. The van der Waals surface area contributed by atoms with Gasteiger partial charge in [0.05, 0.1) is 14.2 Å². The van der Waals surface area contributed by atoms with Crippen LogP contribution in [-0.4, -0.2) is 36.2 Å². The summed E-state index contributed by atoms with van der Waals surface area (Å²) in [5.41, 5.74) is 0. The highest BCUT2D eigenvalue weighted by Gasteiger charge is 2.01. The molecule has 7 heteroatoms. The lowest BCUT2D eigenvalue weighted by atomic mass is 11.8. The Labute approximate surface area is 65.4 Å². The largest absolute Gasteiger partial charge is 0.399 e. The van der Waals surface area contributed by atoms with E-state index in [1.165, 1.54) is 0 Å². The van der Waals surface area contributed by atoms with Crippen LogP contribution in [0.5, 0.6) is 0 Å². The summed E-state index contributed by atoms with van der Waals surface area (Å²) in [5.74, 6) is 0. The molecule has 0 aromatic heterocycles. The number of hydrogen-bond donors (Lipinski definition) is 0. The molecule has 0 radical (unpaired) electrons. The minimum Gasteiger partial charge on any atom is -0.307 e. The van der Waals surface area contributed by atoms with Gasteiger partial charge < -0.3 is 9.59 Å². The molecule has 6 nitrogen and oxygen atoms in total. The van der Waals surface area contributed by atoms with Gasteiger partial charge in [0.1, 0.15) is 13.6 Å². The third-order valence-electron chi connectivity index (χ3n) is 0.408. The summed E-state index contributed by atoms with van der Waals surface area (Å²) in [6.07, 6.45) is 0. The van der Waals surface area contributed by atoms with E-state index in [1.807, 2.05) is 13.6 Å². The maximum absolute atomic E-state index is 9.92. The predicted octanol–water partition coefficient (Wildman–Crippen LogP) is -0.846. The Morgan fingerprint density at radius 3 is 1.09 bits per heavy atom. The molecule has 0 aliphatic carbocycles. The van der Waals surface area contributed by atoms with Crippen LogP contribution in [-0.2, 0) is 28.4 Å². The van der Waals surface area contributed by atoms with E-state index in [-0.39, 0.29) is 0 Å². The average molecular weight is 186 g/mol. The lowest BCUT2D eigenvalue weighted by molar-refractivity contribution is -0.0987. The zero-order chi connectivity index (χ0) is 9.91. The van der Waals surface area contributed by atoms with E-state index >= 15 is 0 Å². The molecule has 0 saturated heterocycles. The van der Waals surface area contributed by atoms with Gasteiger partial charge in [0.2, 0.25) is 0 Å². The van der Waals surface area contributed by atoms with Crippen molar-refractivity contribution in [2.75, 3.05) is 14.2 Å². The van der Waals surface area contributed by atoms with Gasteiger partial charge in [-0.3, -0.25) is 8.37 Å². The number of carbonyl (C=O) groups excluding carboxylic acids is 2. The molecule has 0 unspecified atom stereocenters. The average Bonchev–Trinajstić information content (AvgIpc) is 2.12. The Hall–Kier alpha value is -0.790. The first kappa shape index (κ1) is 16.7. The van der Waals surface area contributed by atoms with E-state index in [0.717, 1.165) is 14.2 Å². The van der Waals surface area contributed by atoms with E-state index in [9.17, 15) is 8.42 Å². The second-order valence-corrected chi connectivity index (χ2v) is 2.22. The number of rotatable bonds is 2. The quantitative estimate of drug-likeness (QED) is 0.558. The highest BCUT2D eigenvalue weighted by molar-refractivity contribution is 7.81. The molecule has 0 aromatic rings. The highest BCUT2D eigenvalue weighted by Crippen LogP contribution is 1.85. The Kier molecular flexibility index (Phi) is 18.1. The van der Waals surface area contributed by atoms with E-state index in [2.05, 4.69) is 8.37 Å². The molecular weight excluding hydrogens is 176 g/mol. The molecule has 0 aromatic carbocycles. The minimum atomic E-state index is -3.66. The van der Waals surface area contributed by atoms with Crippen LogP contribution in [0.25, 0.3) is 0 Å². The summed E-state index contributed by atoms with van der Waals surface area (Å²) < 4.78 is 27.5. The van der Waals surface area contributed by atoms with E-state index in [0.29, 0.717) is 0 Å². The molecule has 0 amide bonds. The fourth-order valence-corrected chi connectivity index (χ4v) is 0.204. The van der Waals surface area contributed by atoms with Gasteiger partial charge in [0.15, 0.2) is 0 Å². The molecule has 0 fully saturated rings. The predicted molar refractivity (Wildman–Crippen MR) is 37.2 cm³/mol. The van der Waals surface area contributed by atoms with Crippen molar-refractivity contribution in [1.29, 1.82) is 0 Å². The van der Waals surface area contributed by atoms with Gasteiger partial charge in [-0.1, -0.05) is 0 Å². The molecular formula is C4H10O6S. The highest BCUT2D eigenvalue weighted by atomic mass is 32.3. The second-order valence-electron chi connectivity index (χ2n) is 0.742. The van der Waals surface area contributed by atoms with Gasteiger partial charge >= 0.3 is 10.4 Å². The van der Waals surface area contributed by atoms with Crippen molar-refractivity contribution in [3.8, 4) is 0 Å². The van der Waals surface area contributed by atoms with Crippen molar-refractivity contribution < 1.29 is 26.4 Å². The molecule has 0 N–H and O–H groups in total. The minimum absolute atomic E-state index is 1.03. The summed E-state index contributed by atoms with van der Waals surface area (Å²) >= 11 is 0. The lowest BCUT2D eigenvalue weighted by Crippen LogP contribution is -2.02. The molecule has 0 spiro atoms. The first-order chi connectivity index (χ1) is 5.12. The fourth-order valence-electron chi connectivity index (χ4n) is 0.0680. The third-order valence-corrected chi connectivity index (χ3v) is 1.22. The normalized spacial score (nSPS) is 8.18. The van der Waals surface area contributed by atoms with Crippen molar-refractivity contribution >= 4 is 24.0 Å². The van der Waals surface area contributed by atoms with Crippen LogP contribution < -0.4 is 0 Å². The molecule has 0 aliphatic heterocycles. The smallest absolute Gasteiger partial charge is 0.307 e. The maximum Gasteiger partial charge on any atom is 0.399 e. The lowest BCUT2D eigenvalue weighted by Gasteiger charge is -1.91. The molecule has 11 heavy (non-hydrogen) atoms. The third kappa shape index (κ3) is 17.6. The number of hydrogen-bond acceptors (Lipinski definition) is 6. The Morgan fingerprint density at radius 1 is 0.909 bits per heavy atom. The molecule has 0 heterocycles. The van der Waals surface area contributed by atoms with Crippen LogP contribution in [0.4, 0.5) is 0 Å². The Morgan fingerprint density at radius 2 is 1.09 bits per heavy atom. The summed E-state index contributed by atoms with van der Waals surface area (Å²) in [4.78, 5) is 16.0. The molecule has 0 rings (SSSR count). The van der Waals surface area contributed by atoms with Crippen LogP contribution >= 0.6 is 0 Å². The van der Waals surface area contributed by atoms with Crippen molar-refractivity contribution in [3.05, 3.63) is 0 Å². The second kappa shape index (κ2) is 11.9. The van der Waals surface area contributed by atoms with Crippen molar-refractivity contribution in [1.82, 2.24) is 0 Å². The van der Waals surface area contributed by atoms with Gasteiger partial charge in [-0.2, -0.15) is 8.42 Å². The standard InChI is InChI=1S/C2H6O4S.2CH2O/c1-5-7(3,4)6-2;2*1-2/h1-2H3;2*1H2. The number of carbonyl (C=O) groups is 2. The molecule has 68 valence electrons. The van der Waals surface area contributed by atoms with E-state index < -0.39 is 10.4 Å². The van der Waals surface area contributed by atoms with Crippen molar-refractivity contribution in [2.45, 2.75) is 0 Å². The van der Waals surface area contributed by atoms with Crippen LogP contribution in [0, 0.1) is 0 Å². The topological polar surface area (TPSA) is 86.7 Å². The van der Waals surface area contributed by atoms with E-state index in [1.54, 1.807) is 0 Å². The van der Waals surface area contributed by atoms with Crippen LogP contribution in [0.2, 0.25) is 0 Å². The summed E-state index contributed by atoms with van der Waals surface area (Å²) in [6, 6.07) is 0. The molecule has 0 bridgehead atoms. The monoisotopic (exact) mass is 186 g/mol. The molecule has 0 aliphatic rings. The summed E-state index contributed by atoms with van der Waals surface area (Å²) in [5, 5.41) is 0. The maximum atomic E-state index is 9.92. The van der Waals surface area contributed by atoms with E-state index in [4.69, 9.17) is 9.59 Å². The van der Waals surface area contributed by atoms with Gasteiger partial charge in [-0.15, -0.1) is 0 Å². The van der Waals surface area contributed by atoms with Gasteiger partial charge in [0, 0.05) is 0 Å². The van der Waals surface area contributed by atoms with Gasteiger partial charge in [-0.05, 0) is 0 Å². The summed E-state index contributed by atoms with van der Waals surface area (Å²) in [6.45, 7) is 4.00. The van der Waals surface area contributed by atoms with Gasteiger partial charge in [-0.25, -0.2) is 0 Å². The van der Waals surface area contributed by atoms with Gasteiger partial charge in [0.25, 0.3) is 0 Å². The van der Waals surface area contributed by atoms with Crippen LogP contribution in [0.15, 0.2) is 0 Å². The van der Waals surface area contributed by atoms with Crippen molar-refractivity contribution in [2.24, 2.45) is 0 Å². The molecule has 0 atom stereocenters. The zero-order valence-corrected chi connectivity index (χ0v) is 7.09. The first-order valence-electron chi connectivity index (χ1n) is 2.06. The van der Waals surface area contributed by atoms with Crippen LogP contribution in [0.3, 0.4) is 0 Å². The van der Waals surface area contributed by atoms with Crippen molar-refractivity contribution in [3.63, 3.8) is 0 Å². The fraction of sp³-hybridized carbons (Fsp3) is 0.500.